The topological polar surface area (TPSA) is 9.23 Å². The van der Waals surface area contributed by atoms with E-state index in [1.54, 1.807) is 7.11 Å². The molecule has 0 aliphatic rings. The van der Waals surface area contributed by atoms with Gasteiger partial charge in [0.25, 0.3) is 0 Å². The Morgan fingerprint density at radius 2 is 1.80 bits per heavy atom. The van der Waals surface area contributed by atoms with Gasteiger partial charge >= 0.3 is 0 Å². The number of benzene rings is 2. The van der Waals surface area contributed by atoms with Gasteiger partial charge in [-0.2, -0.15) is 0 Å². The summed E-state index contributed by atoms with van der Waals surface area (Å²) in [7, 11) is 1.62. The van der Waals surface area contributed by atoms with Crippen molar-refractivity contribution in [1.82, 2.24) is 0 Å². The normalized spacial score (nSPS) is 12.2. The number of rotatable bonds is 5. The molecule has 0 amide bonds. The molecular weight excluding hydrogens is 326 g/mol. The van der Waals surface area contributed by atoms with Crippen molar-refractivity contribution >= 4 is 15.9 Å². The third kappa shape index (κ3) is 3.79. The van der Waals surface area contributed by atoms with Crippen molar-refractivity contribution in [3.8, 4) is 5.75 Å². The van der Waals surface area contributed by atoms with Crippen molar-refractivity contribution in [2.24, 2.45) is 0 Å². The zero-order chi connectivity index (χ0) is 14.5. The molecule has 0 fully saturated rings. The second-order valence-corrected chi connectivity index (χ2v) is 5.63. The predicted molar refractivity (Wildman–Crippen MR) is 79.3 cm³/mol. The van der Waals surface area contributed by atoms with Gasteiger partial charge in [0, 0.05) is 10.4 Å². The van der Waals surface area contributed by atoms with Crippen LogP contribution in [0.3, 0.4) is 0 Å². The van der Waals surface area contributed by atoms with E-state index in [0.717, 1.165) is 29.9 Å². The molecule has 106 valence electrons. The fourth-order valence-corrected chi connectivity index (χ4v) is 2.58. The largest absolute Gasteiger partial charge is 0.497 e. The lowest BCUT2D eigenvalue weighted by Gasteiger charge is -2.11. The summed E-state index contributed by atoms with van der Waals surface area (Å²) in [6.07, 6.45) is 1.46. The molecule has 0 aromatic heterocycles. The maximum absolute atomic E-state index is 13.6. The highest BCUT2D eigenvalue weighted by Crippen LogP contribution is 2.30. The molecule has 1 unspecified atom stereocenters. The van der Waals surface area contributed by atoms with Crippen LogP contribution in [0.1, 0.15) is 22.4 Å². The highest BCUT2D eigenvalue weighted by molar-refractivity contribution is 9.09. The number of ether oxygens (including phenoxy) is 1. The molecule has 4 heteroatoms. The summed E-state index contributed by atoms with van der Waals surface area (Å²) in [5.41, 5.74) is 1.49. The van der Waals surface area contributed by atoms with Crippen LogP contribution < -0.4 is 4.74 Å². The molecule has 0 heterocycles. The Labute approximate surface area is 125 Å². The van der Waals surface area contributed by atoms with Crippen LogP contribution >= 0.6 is 15.9 Å². The molecule has 1 atom stereocenters. The van der Waals surface area contributed by atoms with E-state index in [4.69, 9.17) is 4.74 Å². The lowest BCUT2D eigenvalue weighted by atomic mass is 10.0. The highest BCUT2D eigenvalue weighted by Gasteiger charge is 2.13. The number of halogens is 3. The van der Waals surface area contributed by atoms with Crippen molar-refractivity contribution in [2.75, 3.05) is 7.11 Å². The summed E-state index contributed by atoms with van der Waals surface area (Å²) >= 11 is 3.43. The Balaban J connectivity index is 2.00. The van der Waals surface area contributed by atoms with Crippen LogP contribution in [0.5, 0.6) is 5.75 Å². The fourth-order valence-electron chi connectivity index (χ4n) is 2.00. The van der Waals surface area contributed by atoms with Gasteiger partial charge in [-0.05, 0) is 48.7 Å². The van der Waals surface area contributed by atoms with E-state index in [1.165, 1.54) is 6.07 Å². The smallest absolute Gasteiger partial charge is 0.127 e. The average Bonchev–Trinajstić information content (AvgIpc) is 2.47. The number of hydrogen-bond acceptors (Lipinski definition) is 1. The first kappa shape index (κ1) is 15.0. The molecule has 0 N–H and O–H groups in total. The maximum atomic E-state index is 13.6. The Morgan fingerprint density at radius 1 is 1.10 bits per heavy atom. The zero-order valence-electron chi connectivity index (χ0n) is 11.1. The van der Waals surface area contributed by atoms with E-state index in [1.807, 2.05) is 24.3 Å². The van der Waals surface area contributed by atoms with Gasteiger partial charge in [-0.15, -0.1) is 0 Å². The SMILES string of the molecule is COc1ccc(CCC(Br)c2cc(F)ccc2F)cc1. The predicted octanol–water partition coefficient (Wildman–Crippen LogP) is 5.04. The Hall–Kier alpha value is -1.42. The number of aryl methyl sites for hydroxylation is 1. The van der Waals surface area contributed by atoms with Gasteiger partial charge in [-0.25, -0.2) is 8.78 Å². The Kier molecular flexibility index (Phi) is 5.12. The van der Waals surface area contributed by atoms with Crippen LogP contribution in [-0.2, 0) is 6.42 Å². The Bertz CT molecular complexity index is 569. The van der Waals surface area contributed by atoms with Crippen LogP contribution in [-0.4, -0.2) is 7.11 Å². The summed E-state index contributed by atoms with van der Waals surface area (Å²) in [6, 6.07) is 11.3. The minimum Gasteiger partial charge on any atom is -0.497 e. The van der Waals surface area contributed by atoms with E-state index in [9.17, 15) is 8.78 Å². The van der Waals surface area contributed by atoms with Gasteiger partial charge in [0.1, 0.15) is 17.4 Å². The lowest BCUT2D eigenvalue weighted by Crippen LogP contribution is -1.98. The van der Waals surface area contributed by atoms with Crippen molar-refractivity contribution in [1.29, 1.82) is 0 Å². The third-order valence-electron chi connectivity index (χ3n) is 3.14. The molecule has 0 saturated heterocycles. The molecule has 2 aromatic rings. The summed E-state index contributed by atoms with van der Waals surface area (Å²) in [5.74, 6) is -0.00128. The summed E-state index contributed by atoms with van der Waals surface area (Å²) < 4.78 is 31.9. The first-order chi connectivity index (χ1) is 9.60. The second-order valence-electron chi connectivity index (χ2n) is 4.52. The van der Waals surface area contributed by atoms with Gasteiger partial charge in [-0.1, -0.05) is 28.1 Å². The molecule has 0 aliphatic heterocycles. The minimum atomic E-state index is -0.421. The van der Waals surface area contributed by atoms with Crippen molar-refractivity contribution in [3.63, 3.8) is 0 Å². The van der Waals surface area contributed by atoms with E-state index < -0.39 is 5.82 Å². The first-order valence-corrected chi connectivity index (χ1v) is 7.23. The molecule has 0 bridgehead atoms. The van der Waals surface area contributed by atoms with Gasteiger partial charge in [0.2, 0.25) is 0 Å². The molecule has 1 nitrogen and oxygen atoms in total. The summed E-state index contributed by atoms with van der Waals surface area (Å²) in [5, 5.41) is 0. The number of hydrogen-bond donors (Lipinski definition) is 0. The molecule has 0 saturated carbocycles. The monoisotopic (exact) mass is 340 g/mol. The van der Waals surface area contributed by atoms with E-state index in [0.29, 0.717) is 12.0 Å². The second kappa shape index (κ2) is 6.84. The number of alkyl halides is 1. The lowest BCUT2D eigenvalue weighted by molar-refractivity contribution is 0.414. The van der Waals surface area contributed by atoms with Crippen LogP contribution in [0.15, 0.2) is 42.5 Å². The van der Waals surface area contributed by atoms with Gasteiger partial charge in [-0.3, -0.25) is 0 Å². The molecule has 2 aromatic carbocycles. The summed E-state index contributed by atoms with van der Waals surface area (Å²) in [4.78, 5) is -0.208. The maximum Gasteiger partial charge on any atom is 0.127 e. The molecule has 20 heavy (non-hydrogen) atoms. The van der Waals surface area contributed by atoms with Gasteiger partial charge in [0.05, 0.1) is 7.11 Å². The van der Waals surface area contributed by atoms with Crippen molar-refractivity contribution in [2.45, 2.75) is 17.7 Å². The summed E-state index contributed by atoms with van der Waals surface area (Å²) in [6.45, 7) is 0. The average molecular weight is 341 g/mol. The standard InChI is InChI=1S/C16H15BrF2O/c1-20-13-6-2-11(3-7-13)4-8-15(17)14-10-12(18)5-9-16(14)19/h2-3,5-7,9-10,15H,4,8H2,1H3. The van der Waals surface area contributed by atoms with Crippen LogP contribution in [0.2, 0.25) is 0 Å². The fraction of sp³-hybridized carbons (Fsp3) is 0.250. The Morgan fingerprint density at radius 3 is 2.45 bits per heavy atom. The quantitative estimate of drug-likeness (QED) is 0.692. The molecule has 0 aliphatic carbocycles. The third-order valence-corrected chi connectivity index (χ3v) is 4.09. The van der Waals surface area contributed by atoms with Gasteiger partial charge in [0.15, 0.2) is 0 Å². The van der Waals surface area contributed by atoms with Crippen molar-refractivity contribution < 1.29 is 13.5 Å². The molecule has 2 rings (SSSR count). The van der Waals surface area contributed by atoms with Crippen LogP contribution in [0, 0.1) is 11.6 Å². The van der Waals surface area contributed by atoms with Crippen LogP contribution in [0.25, 0.3) is 0 Å². The zero-order valence-corrected chi connectivity index (χ0v) is 12.7. The molecule has 0 radical (unpaired) electrons. The first-order valence-electron chi connectivity index (χ1n) is 6.32. The molecular formula is C16H15BrF2O. The van der Waals surface area contributed by atoms with E-state index in [2.05, 4.69) is 15.9 Å². The van der Waals surface area contributed by atoms with Crippen LogP contribution in [0.4, 0.5) is 8.78 Å². The van der Waals surface area contributed by atoms with Gasteiger partial charge < -0.3 is 4.74 Å². The number of methoxy groups -OCH3 is 1. The molecule has 0 spiro atoms. The highest BCUT2D eigenvalue weighted by atomic mass is 79.9. The van der Waals surface area contributed by atoms with E-state index in [-0.39, 0.29) is 10.6 Å². The minimum absolute atomic E-state index is 0.208. The van der Waals surface area contributed by atoms with Crippen molar-refractivity contribution in [3.05, 3.63) is 65.2 Å². The van der Waals surface area contributed by atoms with E-state index >= 15 is 0 Å².